The smallest absolute Gasteiger partial charge is 0.404 e. The van der Waals surface area contributed by atoms with Gasteiger partial charge in [-0.2, -0.15) is 0 Å². The van der Waals surface area contributed by atoms with E-state index < -0.39 is 12.1 Å². The second kappa shape index (κ2) is 4.29. The van der Waals surface area contributed by atoms with E-state index in [1.54, 1.807) is 6.20 Å². The van der Waals surface area contributed by atoms with Gasteiger partial charge >= 0.3 is 6.36 Å². The molecule has 0 aliphatic rings. The molecule has 2 rings (SSSR count). The number of nitrogens with one attached hydrogen (secondary N) is 1. The molecule has 0 amide bonds. The standard InChI is InChI=1S/C10H6ClF3N2O/c11-7-5-6(9-15-3-4-16-9)1-2-8(7)17-10(12,13)14/h1-5H,(H,15,16). The third-order valence-corrected chi connectivity index (χ3v) is 2.22. The zero-order valence-corrected chi connectivity index (χ0v) is 9.01. The number of alkyl halides is 3. The summed E-state index contributed by atoms with van der Waals surface area (Å²) in [5.41, 5.74) is 0.578. The molecule has 0 fully saturated rings. The molecule has 7 heteroatoms. The fourth-order valence-corrected chi connectivity index (χ4v) is 1.50. The number of halogens is 4. The topological polar surface area (TPSA) is 37.9 Å². The van der Waals surface area contributed by atoms with Gasteiger partial charge in [-0.25, -0.2) is 4.98 Å². The molecule has 2 aromatic rings. The van der Waals surface area contributed by atoms with Gasteiger partial charge in [0.15, 0.2) is 0 Å². The lowest BCUT2D eigenvalue weighted by molar-refractivity contribution is -0.274. The van der Waals surface area contributed by atoms with Crippen LogP contribution in [0.4, 0.5) is 13.2 Å². The van der Waals surface area contributed by atoms with Crippen molar-refractivity contribution in [1.29, 1.82) is 0 Å². The van der Waals surface area contributed by atoms with Crippen LogP contribution in [0.5, 0.6) is 5.75 Å². The Labute approximate surface area is 99.2 Å². The van der Waals surface area contributed by atoms with Gasteiger partial charge in [-0.3, -0.25) is 0 Å². The van der Waals surface area contributed by atoms with Crippen LogP contribution in [-0.2, 0) is 0 Å². The number of aromatic amines is 1. The minimum atomic E-state index is -4.75. The van der Waals surface area contributed by atoms with Gasteiger partial charge in [-0.05, 0) is 18.2 Å². The molecule has 0 saturated carbocycles. The monoisotopic (exact) mass is 262 g/mol. The second-order valence-corrected chi connectivity index (χ2v) is 3.54. The number of hydrogen-bond donors (Lipinski definition) is 1. The Morgan fingerprint density at radius 2 is 2.06 bits per heavy atom. The summed E-state index contributed by atoms with van der Waals surface area (Å²) < 4.78 is 39.7. The highest BCUT2D eigenvalue weighted by atomic mass is 35.5. The fraction of sp³-hybridized carbons (Fsp3) is 0.100. The summed E-state index contributed by atoms with van der Waals surface area (Å²) >= 11 is 5.69. The van der Waals surface area contributed by atoms with Crippen LogP contribution in [0.1, 0.15) is 0 Å². The SMILES string of the molecule is FC(F)(F)Oc1ccc(-c2ncc[nH]2)cc1Cl. The highest BCUT2D eigenvalue weighted by Gasteiger charge is 2.32. The van der Waals surface area contributed by atoms with Crippen molar-refractivity contribution in [2.24, 2.45) is 0 Å². The molecule has 1 aromatic heterocycles. The van der Waals surface area contributed by atoms with Crippen LogP contribution in [0, 0.1) is 0 Å². The second-order valence-electron chi connectivity index (χ2n) is 3.13. The number of benzene rings is 1. The van der Waals surface area contributed by atoms with Gasteiger partial charge in [0.1, 0.15) is 11.6 Å². The number of rotatable bonds is 2. The summed E-state index contributed by atoms with van der Waals surface area (Å²) in [5.74, 6) is 0.0833. The molecule has 1 aromatic carbocycles. The Kier molecular flexibility index (Phi) is 2.97. The molecule has 3 nitrogen and oxygen atoms in total. The lowest BCUT2D eigenvalue weighted by Crippen LogP contribution is -2.17. The molecule has 0 aliphatic heterocycles. The minimum absolute atomic E-state index is 0.128. The number of H-pyrrole nitrogens is 1. The fourth-order valence-electron chi connectivity index (χ4n) is 1.28. The molecule has 0 atom stereocenters. The summed E-state index contributed by atoms with van der Waals surface area (Å²) in [6.45, 7) is 0. The third-order valence-electron chi connectivity index (χ3n) is 1.93. The molecule has 0 bridgehead atoms. The van der Waals surface area contributed by atoms with E-state index in [2.05, 4.69) is 14.7 Å². The van der Waals surface area contributed by atoms with E-state index in [1.165, 1.54) is 18.3 Å². The van der Waals surface area contributed by atoms with Crippen molar-refractivity contribution in [1.82, 2.24) is 9.97 Å². The molecule has 0 spiro atoms. The van der Waals surface area contributed by atoms with E-state index in [-0.39, 0.29) is 5.02 Å². The van der Waals surface area contributed by atoms with Gasteiger partial charge in [0, 0.05) is 18.0 Å². The van der Waals surface area contributed by atoms with Crippen molar-refractivity contribution < 1.29 is 17.9 Å². The van der Waals surface area contributed by atoms with Gasteiger partial charge in [-0.1, -0.05) is 11.6 Å². The number of imidazole rings is 1. The van der Waals surface area contributed by atoms with Crippen LogP contribution in [0.3, 0.4) is 0 Å². The first-order chi connectivity index (χ1) is 7.96. The van der Waals surface area contributed by atoms with E-state index >= 15 is 0 Å². The van der Waals surface area contributed by atoms with Gasteiger partial charge < -0.3 is 9.72 Å². The molecule has 1 N–H and O–H groups in total. The maximum absolute atomic E-state index is 12.0. The molecular weight excluding hydrogens is 257 g/mol. The van der Waals surface area contributed by atoms with Crippen molar-refractivity contribution in [2.75, 3.05) is 0 Å². The van der Waals surface area contributed by atoms with E-state index in [0.29, 0.717) is 11.4 Å². The first-order valence-electron chi connectivity index (χ1n) is 4.51. The van der Waals surface area contributed by atoms with E-state index in [0.717, 1.165) is 6.07 Å². The molecule has 1 heterocycles. The summed E-state index contributed by atoms with van der Waals surface area (Å²) in [7, 11) is 0. The van der Waals surface area contributed by atoms with E-state index in [1.807, 2.05) is 0 Å². The average molecular weight is 263 g/mol. The minimum Gasteiger partial charge on any atom is -0.404 e. The Morgan fingerprint density at radius 3 is 2.59 bits per heavy atom. The summed E-state index contributed by atoms with van der Waals surface area (Å²) in [4.78, 5) is 6.77. The van der Waals surface area contributed by atoms with Gasteiger partial charge in [0.2, 0.25) is 0 Å². The first kappa shape index (κ1) is 11.8. The predicted octanol–water partition coefficient (Wildman–Crippen LogP) is 3.63. The number of ether oxygens (including phenoxy) is 1. The zero-order valence-electron chi connectivity index (χ0n) is 8.25. The average Bonchev–Trinajstić information content (AvgIpc) is 2.72. The van der Waals surface area contributed by atoms with Crippen LogP contribution in [0.15, 0.2) is 30.6 Å². The molecule has 0 saturated heterocycles. The molecule has 0 radical (unpaired) electrons. The Balaban J connectivity index is 2.29. The van der Waals surface area contributed by atoms with Crippen molar-refractivity contribution >= 4 is 11.6 Å². The van der Waals surface area contributed by atoms with Crippen LogP contribution >= 0.6 is 11.6 Å². The highest BCUT2D eigenvalue weighted by Crippen LogP contribution is 2.32. The zero-order chi connectivity index (χ0) is 12.5. The highest BCUT2D eigenvalue weighted by molar-refractivity contribution is 6.32. The van der Waals surface area contributed by atoms with Gasteiger partial charge in [0.05, 0.1) is 5.02 Å². The maximum atomic E-state index is 12.0. The molecular formula is C10H6ClF3N2O. The van der Waals surface area contributed by atoms with E-state index in [4.69, 9.17) is 11.6 Å². The number of aromatic nitrogens is 2. The van der Waals surface area contributed by atoms with Crippen LogP contribution in [0.25, 0.3) is 11.4 Å². The Bertz CT molecular complexity index is 511. The third kappa shape index (κ3) is 2.91. The van der Waals surface area contributed by atoms with Crippen molar-refractivity contribution in [3.63, 3.8) is 0 Å². The summed E-state index contributed by atoms with van der Waals surface area (Å²) in [6, 6.07) is 3.93. The summed E-state index contributed by atoms with van der Waals surface area (Å²) in [5, 5.41) is -0.128. The van der Waals surface area contributed by atoms with E-state index in [9.17, 15) is 13.2 Å². The quantitative estimate of drug-likeness (QED) is 0.897. The summed E-state index contributed by atoms with van der Waals surface area (Å²) in [6.07, 6.45) is -1.62. The molecule has 0 aliphatic carbocycles. The van der Waals surface area contributed by atoms with Crippen molar-refractivity contribution in [3.05, 3.63) is 35.6 Å². The van der Waals surface area contributed by atoms with Crippen molar-refractivity contribution in [2.45, 2.75) is 6.36 Å². The molecule has 0 unspecified atom stereocenters. The van der Waals surface area contributed by atoms with Crippen molar-refractivity contribution in [3.8, 4) is 17.1 Å². The first-order valence-corrected chi connectivity index (χ1v) is 4.88. The number of nitrogens with zero attached hydrogens (tertiary/aromatic N) is 1. The lowest BCUT2D eigenvalue weighted by atomic mass is 10.2. The number of hydrogen-bond acceptors (Lipinski definition) is 2. The van der Waals surface area contributed by atoms with Gasteiger partial charge in [-0.15, -0.1) is 13.2 Å². The Morgan fingerprint density at radius 1 is 1.29 bits per heavy atom. The maximum Gasteiger partial charge on any atom is 0.573 e. The Hall–Kier alpha value is -1.69. The lowest BCUT2D eigenvalue weighted by Gasteiger charge is -2.10. The van der Waals surface area contributed by atoms with Crippen LogP contribution in [0.2, 0.25) is 5.02 Å². The predicted molar refractivity (Wildman–Crippen MR) is 55.7 cm³/mol. The van der Waals surface area contributed by atoms with Gasteiger partial charge in [0.25, 0.3) is 0 Å². The largest absolute Gasteiger partial charge is 0.573 e. The van der Waals surface area contributed by atoms with Crippen LogP contribution < -0.4 is 4.74 Å². The normalized spacial score (nSPS) is 11.5. The molecule has 90 valence electrons. The molecule has 17 heavy (non-hydrogen) atoms. The van der Waals surface area contributed by atoms with Crippen LogP contribution in [-0.4, -0.2) is 16.3 Å².